The molecule has 0 spiro atoms. The molecule has 3 rings (SSSR count). The quantitative estimate of drug-likeness (QED) is 0.339. The Labute approximate surface area is 203 Å². The Balaban J connectivity index is 1.87. The first-order chi connectivity index (χ1) is 16.4. The van der Waals surface area contributed by atoms with Crippen LogP contribution in [0.1, 0.15) is 18.5 Å². The summed E-state index contributed by atoms with van der Waals surface area (Å²) >= 11 is 0. The van der Waals surface area contributed by atoms with Gasteiger partial charge in [0.25, 0.3) is 15.7 Å². The van der Waals surface area contributed by atoms with Gasteiger partial charge in [-0.3, -0.25) is 19.2 Å². The summed E-state index contributed by atoms with van der Waals surface area (Å²) in [4.78, 5) is 23.3. The van der Waals surface area contributed by atoms with E-state index in [1.54, 1.807) is 37.3 Å². The second-order valence-electron chi connectivity index (χ2n) is 7.73. The standard InChI is InChI=1S/C23H23N3O7S2/c1-17(18-8-14-21(15-9-18)34(2,30)31)24-23(27)16-25(19-10-12-20(13-11-19)26(28)29)35(32,33)22-6-4-3-5-7-22/h3-15,17H,16H2,1-2H3,(H,24,27)/t17-/m1/s1. The highest BCUT2D eigenvalue weighted by molar-refractivity contribution is 7.93. The molecule has 1 N–H and O–H groups in total. The molecule has 3 aromatic rings. The predicted octanol–water partition coefficient (Wildman–Crippen LogP) is 3.07. The van der Waals surface area contributed by atoms with Gasteiger partial charge in [0.05, 0.1) is 26.4 Å². The summed E-state index contributed by atoms with van der Waals surface area (Å²) in [5, 5.41) is 13.7. The molecule has 12 heteroatoms. The molecule has 10 nitrogen and oxygen atoms in total. The topological polar surface area (TPSA) is 144 Å². The van der Waals surface area contributed by atoms with E-state index in [-0.39, 0.29) is 21.2 Å². The number of hydrogen-bond acceptors (Lipinski definition) is 7. The van der Waals surface area contributed by atoms with Crippen molar-refractivity contribution in [1.29, 1.82) is 0 Å². The lowest BCUT2D eigenvalue weighted by Gasteiger charge is -2.25. The average Bonchev–Trinajstić information content (AvgIpc) is 2.82. The van der Waals surface area contributed by atoms with Crippen LogP contribution in [0.2, 0.25) is 0 Å². The Morgan fingerprint density at radius 3 is 2.00 bits per heavy atom. The lowest BCUT2D eigenvalue weighted by Crippen LogP contribution is -2.41. The minimum absolute atomic E-state index is 0.0458. The number of anilines is 1. The van der Waals surface area contributed by atoms with E-state index in [2.05, 4.69) is 5.32 Å². The normalized spacial score (nSPS) is 12.5. The second kappa shape index (κ2) is 10.2. The molecule has 0 heterocycles. The lowest BCUT2D eigenvalue weighted by molar-refractivity contribution is -0.384. The number of rotatable bonds is 9. The van der Waals surface area contributed by atoms with Gasteiger partial charge >= 0.3 is 0 Å². The third-order valence-corrected chi connectivity index (χ3v) is 8.07. The van der Waals surface area contributed by atoms with Gasteiger partial charge in [0, 0.05) is 18.4 Å². The van der Waals surface area contributed by atoms with E-state index in [0.29, 0.717) is 5.56 Å². The summed E-state index contributed by atoms with van der Waals surface area (Å²) in [5.74, 6) is -0.623. The van der Waals surface area contributed by atoms with Gasteiger partial charge in [-0.1, -0.05) is 30.3 Å². The third-order valence-electron chi connectivity index (χ3n) is 5.15. The van der Waals surface area contributed by atoms with Gasteiger partial charge in [-0.2, -0.15) is 0 Å². The van der Waals surface area contributed by atoms with Gasteiger partial charge in [-0.05, 0) is 48.9 Å². The fourth-order valence-electron chi connectivity index (χ4n) is 3.28. The average molecular weight is 518 g/mol. The van der Waals surface area contributed by atoms with Crippen molar-refractivity contribution in [3.05, 3.63) is 94.5 Å². The van der Waals surface area contributed by atoms with Crippen molar-refractivity contribution in [2.75, 3.05) is 17.1 Å². The van der Waals surface area contributed by atoms with E-state index >= 15 is 0 Å². The maximum atomic E-state index is 13.3. The summed E-state index contributed by atoms with van der Waals surface area (Å²) in [7, 11) is -7.54. The molecule has 0 aliphatic carbocycles. The van der Waals surface area contributed by atoms with Crippen LogP contribution in [-0.4, -0.2) is 40.5 Å². The van der Waals surface area contributed by atoms with Gasteiger partial charge in [0.2, 0.25) is 5.91 Å². The van der Waals surface area contributed by atoms with Crippen molar-refractivity contribution in [1.82, 2.24) is 5.32 Å². The summed E-state index contributed by atoms with van der Waals surface area (Å²) in [6, 6.07) is 17.8. The number of benzene rings is 3. The second-order valence-corrected chi connectivity index (χ2v) is 11.6. The Morgan fingerprint density at radius 2 is 1.49 bits per heavy atom. The molecule has 0 aliphatic rings. The summed E-state index contributed by atoms with van der Waals surface area (Å²) in [5.41, 5.74) is 0.486. The molecule has 0 unspecified atom stereocenters. The van der Waals surface area contributed by atoms with Gasteiger partial charge in [-0.15, -0.1) is 0 Å². The number of amides is 1. The van der Waals surface area contributed by atoms with Crippen molar-refractivity contribution in [2.45, 2.75) is 22.8 Å². The van der Waals surface area contributed by atoms with Crippen LogP contribution in [0.25, 0.3) is 0 Å². The van der Waals surface area contributed by atoms with Gasteiger partial charge < -0.3 is 5.32 Å². The van der Waals surface area contributed by atoms with Crippen molar-refractivity contribution in [3.63, 3.8) is 0 Å². The van der Waals surface area contributed by atoms with Gasteiger partial charge in [0.15, 0.2) is 9.84 Å². The Bertz CT molecular complexity index is 1420. The molecule has 0 bridgehead atoms. The molecule has 0 fully saturated rings. The first kappa shape index (κ1) is 25.8. The van der Waals surface area contributed by atoms with Gasteiger partial charge in [-0.25, -0.2) is 16.8 Å². The number of sulfonamides is 1. The number of hydrogen-bond donors (Lipinski definition) is 1. The molecule has 1 amide bonds. The number of nitro groups is 1. The van der Waals surface area contributed by atoms with E-state index in [1.807, 2.05) is 0 Å². The minimum atomic E-state index is -4.17. The van der Waals surface area contributed by atoms with Crippen LogP contribution >= 0.6 is 0 Å². The molecule has 0 saturated heterocycles. The summed E-state index contributed by atoms with van der Waals surface area (Å²) in [6.45, 7) is 1.09. The molecule has 184 valence electrons. The van der Waals surface area contributed by atoms with E-state index < -0.39 is 43.3 Å². The Kier molecular flexibility index (Phi) is 7.56. The van der Waals surface area contributed by atoms with Crippen molar-refractivity contribution in [2.24, 2.45) is 0 Å². The number of carbonyl (C=O) groups is 1. The minimum Gasteiger partial charge on any atom is -0.348 e. The highest BCUT2D eigenvalue weighted by Crippen LogP contribution is 2.26. The van der Waals surface area contributed by atoms with Crippen molar-refractivity contribution < 1.29 is 26.6 Å². The number of nitrogens with one attached hydrogen (secondary N) is 1. The van der Waals surface area contributed by atoms with Gasteiger partial charge in [0.1, 0.15) is 6.54 Å². The molecule has 35 heavy (non-hydrogen) atoms. The Hall–Kier alpha value is -3.77. The van der Waals surface area contributed by atoms with Crippen LogP contribution in [0.3, 0.4) is 0 Å². The van der Waals surface area contributed by atoms with Crippen molar-refractivity contribution >= 4 is 37.1 Å². The molecule has 0 radical (unpaired) electrons. The number of nitrogens with zero attached hydrogens (tertiary/aromatic N) is 2. The summed E-state index contributed by atoms with van der Waals surface area (Å²) in [6.07, 6.45) is 1.09. The zero-order valence-electron chi connectivity index (χ0n) is 18.9. The zero-order valence-corrected chi connectivity index (χ0v) is 20.5. The van der Waals surface area contributed by atoms with Crippen LogP contribution in [0.4, 0.5) is 11.4 Å². The number of sulfone groups is 1. The first-order valence-corrected chi connectivity index (χ1v) is 13.6. The molecule has 0 aromatic heterocycles. The lowest BCUT2D eigenvalue weighted by atomic mass is 10.1. The SMILES string of the molecule is C[C@@H](NC(=O)CN(c1ccc([N+](=O)[O-])cc1)S(=O)(=O)c1ccccc1)c1ccc(S(C)(=O)=O)cc1. The number of non-ortho nitro benzene ring substituents is 1. The largest absolute Gasteiger partial charge is 0.348 e. The van der Waals surface area contributed by atoms with Crippen LogP contribution in [0, 0.1) is 10.1 Å². The van der Waals surface area contributed by atoms with Crippen LogP contribution in [0.5, 0.6) is 0 Å². The van der Waals surface area contributed by atoms with Crippen LogP contribution in [0.15, 0.2) is 88.7 Å². The van der Waals surface area contributed by atoms with E-state index in [4.69, 9.17) is 0 Å². The van der Waals surface area contributed by atoms with E-state index in [9.17, 15) is 31.7 Å². The summed E-state index contributed by atoms with van der Waals surface area (Å²) < 4.78 is 50.8. The maximum Gasteiger partial charge on any atom is 0.269 e. The highest BCUT2D eigenvalue weighted by Gasteiger charge is 2.28. The third kappa shape index (κ3) is 6.22. The monoisotopic (exact) mass is 517 g/mol. The predicted molar refractivity (Wildman–Crippen MR) is 130 cm³/mol. The fourth-order valence-corrected chi connectivity index (χ4v) is 5.35. The molecule has 3 aromatic carbocycles. The number of nitro benzene ring substituents is 1. The number of carbonyl (C=O) groups excluding carboxylic acids is 1. The molecular formula is C23H23N3O7S2. The smallest absolute Gasteiger partial charge is 0.269 e. The highest BCUT2D eigenvalue weighted by atomic mass is 32.2. The Morgan fingerprint density at radius 1 is 0.914 bits per heavy atom. The van der Waals surface area contributed by atoms with Crippen LogP contribution < -0.4 is 9.62 Å². The van der Waals surface area contributed by atoms with Crippen LogP contribution in [-0.2, 0) is 24.7 Å². The molecule has 0 saturated carbocycles. The van der Waals surface area contributed by atoms with Crippen molar-refractivity contribution in [3.8, 4) is 0 Å². The van der Waals surface area contributed by atoms with E-state index in [0.717, 1.165) is 22.7 Å². The fraction of sp³-hybridized carbons (Fsp3) is 0.174. The first-order valence-electron chi connectivity index (χ1n) is 10.3. The molecule has 1 atom stereocenters. The van der Waals surface area contributed by atoms with E-state index in [1.165, 1.54) is 36.4 Å². The molecule has 0 aliphatic heterocycles. The maximum absolute atomic E-state index is 13.3. The zero-order chi connectivity index (χ0) is 25.8. The molecular weight excluding hydrogens is 494 g/mol.